The van der Waals surface area contributed by atoms with Gasteiger partial charge in [-0.15, -0.1) is 11.3 Å². The van der Waals surface area contributed by atoms with E-state index in [1.807, 2.05) is 36.4 Å². The zero-order chi connectivity index (χ0) is 16.9. The van der Waals surface area contributed by atoms with Crippen molar-refractivity contribution in [2.24, 2.45) is 5.10 Å². The Kier molecular flexibility index (Phi) is 4.77. The second-order valence-electron chi connectivity index (χ2n) is 4.92. The van der Waals surface area contributed by atoms with E-state index in [1.165, 1.54) is 17.6 Å². The summed E-state index contributed by atoms with van der Waals surface area (Å²) in [6.07, 6.45) is 1.52. The van der Waals surface area contributed by atoms with Crippen LogP contribution in [-0.2, 0) is 0 Å². The minimum Gasteiger partial charge on any atom is -0.496 e. The van der Waals surface area contributed by atoms with Crippen LogP contribution >= 0.6 is 11.3 Å². The molecule has 3 rings (SSSR count). The van der Waals surface area contributed by atoms with E-state index in [-0.39, 0.29) is 5.91 Å². The largest absolute Gasteiger partial charge is 0.496 e. The van der Waals surface area contributed by atoms with Crippen molar-refractivity contribution in [1.82, 2.24) is 5.43 Å². The van der Waals surface area contributed by atoms with Crippen molar-refractivity contribution in [2.45, 2.75) is 0 Å². The minimum atomic E-state index is -0.249. The van der Waals surface area contributed by atoms with Gasteiger partial charge in [0, 0.05) is 4.70 Å². The fourth-order valence-corrected chi connectivity index (χ4v) is 3.26. The highest BCUT2D eigenvalue weighted by atomic mass is 32.1. The molecule has 1 aromatic heterocycles. The number of carbonyl (C=O) groups excluding carboxylic acids is 1. The van der Waals surface area contributed by atoms with Gasteiger partial charge in [0.1, 0.15) is 11.5 Å². The summed E-state index contributed by atoms with van der Waals surface area (Å²) in [6.45, 7) is 0. The molecule has 2 aromatic carbocycles. The molecule has 24 heavy (non-hydrogen) atoms. The predicted octanol–water partition coefficient (Wildman–Crippen LogP) is 3.68. The van der Waals surface area contributed by atoms with Crippen LogP contribution in [0.25, 0.3) is 10.1 Å². The van der Waals surface area contributed by atoms with Gasteiger partial charge in [-0.2, -0.15) is 5.10 Å². The molecule has 0 fully saturated rings. The molecule has 1 heterocycles. The molecule has 0 spiro atoms. The molecular weight excluding hydrogens is 324 g/mol. The number of hydrogen-bond acceptors (Lipinski definition) is 5. The molecule has 122 valence electrons. The maximum Gasteiger partial charge on any atom is 0.281 e. The van der Waals surface area contributed by atoms with E-state index in [1.54, 1.807) is 26.4 Å². The molecule has 0 aliphatic heterocycles. The summed E-state index contributed by atoms with van der Waals surface area (Å²) < 4.78 is 11.6. The van der Waals surface area contributed by atoms with Gasteiger partial charge in [0.2, 0.25) is 0 Å². The first kappa shape index (κ1) is 16.0. The number of benzene rings is 2. The number of hydrogen-bond donors (Lipinski definition) is 1. The van der Waals surface area contributed by atoms with Gasteiger partial charge in [-0.1, -0.05) is 24.3 Å². The number of thiophene rings is 1. The molecule has 0 bridgehead atoms. The Balaban J connectivity index is 1.78. The summed E-state index contributed by atoms with van der Waals surface area (Å²) in [6, 6.07) is 15.1. The van der Waals surface area contributed by atoms with Crippen molar-refractivity contribution >= 4 is 33.5 Å². The molecule has 5 nitrogen and oxygen atoms in total. The Hall–Kier alpha value is -2.86. The van der Waals surface area contributed by atoms with E-state index in [0.717, 1.165) is 10.1 Å². The van der Waals surface area contributed by atoms with Gasteiger partial charge >= 0.3 is 0 Å². The summed E-state index contributed by atoms with van der Waals surface area (Å²) in [4.78, 5) is 12.8. The maximum absolute atomic E-state index is 12.2. The van der Waals surface area contributed by atoms with Gasteiger partial charge in [0.05, 0.1) is 30.9 Å². The molecular formula is C18H16N2O3S. The quantitative estimate of drug-likeness (QED) is 0.569. The number of hydrazone groups is 1. The van der Waals surface area contributed by atoms with Crippen LogP contribution in [0.15, 0.2) is 53.6 Å². The topological polar surface area (TPSA) is 59.9 Å². The summed E-state index contributed by atoms with van der Waals surface area (Å²) >= 11 is 1.43. The fraction of sp³-hybridized carbons (Fsp3) is 0.111. The molecule has 0 aliphatic rings. The zero-order valence-electron chi connectivity index (χ0n) is 13.3. The lowest BCUT2D eigenvalue weighted by molar-refractivity contribution is 0.0959. The van der Waals surface area contributed by atoms with Gasteiger partial charge in [-0.05, 0) is 29.7 Å². The number of carbonyl (C=O) groups is 1. The van der Waals surface area contributed by atoms with E-state index in [2.05, 4.69) is 10.5 Å². The molecule has 0 radical (unpaired) electrons. The van der Waals surface area contributed by atoms with Crippen molar-refractivity contribution in [2.75, 3.05) is 14.2 Å². The maximum atomic E-state index is 12.2. The Morgan fingerprint density at radius 3 is 2.46 bits per heavy atom. The average molecular weight is 340 g/mol. The predicted molar refractivity (Wildman–Crippen MR) is 96.4 cm³/mol. The monoisotopic (exact) mass is 340 g/mol. The van der Waals surface area contributed by atoms with Crippen LogP contribution in [0.5, 0.6) is 11.5 Å². The lowest BCUT2D eigenvalue weighted by Gasteiger charge is -2.08. The van der Waals surface area contributed by atoms with Crippen LogP contribution in [0.2, 0.25) is 0 Å². The molecule has 0 saturated carbocycles. The Morgan fingerprint density at radius 2 is 1.79 bits per heavy atom. The highest BCUT2D eigenvalue weighted by Gasteiger charge is 2.10. The summed E-state index contributed by atoms with van der Waals surface area (Å²) in [5.41, 5.74) is 3.21. The minimum absolute atomic E-state index is 0.249. The number of ether oxygens (including phenoxy) is 2. The third-order valence-electron chi connectivity index (χ3n) is 3.48. The number of methoxy groups -OCH3 is 2. The molecule has 0 aliphatic carbocycles. The smallest absolute Gasteiger partial charge is 0.281 e. The second kappa shape index (κ2) is 7.14. The summed E-state index contributed by atoms with van der Waals surface area (Å²) in [7, 11) is 3.14. The van der Waals surface area contributed by atoms with Crippen LogP contribution in [-0.4, -0.2) is 26.3 Å². The van der Waals surface area contributed by atoms with Crippen molar-refractivity contribution in [3.05, 3.63) is 59.0 Å². The molecule has 6 heteroatoms. The zero-order valence-corrected chi connectivity index (χ0v) is 14.1. The second-order valence-corrected chi connectivity index (χ2v) is 6.01. The van der Waals surface area contributed by atoms with Gasteiger partial charge in [0.25, 0.3) is 5.91 Å². The van der Waals surface area contributed by atoms with Crippen LogP contribution in [0.1, 0.15) is 15.2 Å². The SMILES string of the molecule is COc1cccc(OC)c1/C=N/NC(=O)c1cc2ccccc2s1. The van der Waals surface area contributed by atoms with Crippen LogP contribution in [0.3, 0.4) is 0 Å². The summed E-state index contributed by atoms with van der Waals surface area (Å²) in [5.74, 6) is 0.990. The van der Waals surface area contributed by atoms with E-state index in [4.69, 9.17) is 9.47 Å². The number of nitrogens with one attached hydrogen (secondary N) is 1. The van der Waals surface area contributed by atoms with Crippen molar-refractivity contribution in [1.29, 1.82) is 0 Å². The highest BCUT2D eigenvalue weighted by Crippen LogP contribution is 2.26. The normalized spacial score (nSPS) is 10.9. The van der Waals surface area contributed by atoms with Gasteiger partial charge in [-0.3, -0.25) is 4.79 Å². The van der Waals surface area contributed by atoms with E-state index in [9.17, 15) is 4.79 Å². The van der Waals surface area contributed by atoms with Crippen LogP contribution < -0.4 is 14.9 Å². The van der Waals surface area contributed by atoms with Gasteiger partial charge in [-0.25, -0.2) is 5.43 Å². The third-order valence-corrected chi connectivity index (χ3v) is 4.59. The van der Waals surface area contributed by atoms with Crippen molar-refractivity contribution in [3.63, 3.8) is 0 Å². The highest BCUT2D eigenvalue weighted by molar-refractivity contribution is 7.20. The summed E-state index contributed by atoms with van der Waals surface area (Å²) in [5, 5.41) is 5.07. The molecule has 1 N–H and O–H groups in total. The average Bonchev–Trinajstić information content (AvgIpc) is 3.06. The lowest BCUT2D eigenvalue weighted by atomic mass is 10.2. The Morgan fingerprint density at radius 1 is 1.08 bits per heavy atom. The standard InChI is InChI=1S/C18H16N2O3S/c1-22-14-7-5-8-15(23-2)13(14)11-19-20-18(21)17-10-12-6-3-4-9-16(12)24-17/h3-11H,1-2H3,(H,20,21)/b19-11+. The van der Waals surface area contributed by atoms with E-state index < -0.39 is 0 Å². The molecule has 3 aromatic rings. The van der Waals surface area contributed by atoms with E-state index >= 15 is 0 Å². The number of amides is 1. The lowest BCUT2D eigenvalue weighted by Crippen LogP contribution is -2.16. The Labute approximate surface area is 143 Å². The number of nitrogens with zero attached hydrogens (tertiary/aromatic N) is 1. The van der Waals surface area contributed by atoms with E-state index in [0.29, 0.717) is 21.9 Å². The number of fused-ring (bicyclic) bond motifs is 1. The molecule has 1 amide bonds. The van der Waals surface area contributed by atoms with Gasteiger partial charge in [0.15, 0.2) is 0 Å². The number of rotatable bonds is 5. The molecule has 0 atom stereocenters. The molecule has 0 saturated heterocycles. The first-order valence-electron chi connectivity index (χ1n) is 7.26. The van der Waals surface area contributed by atoms with Crippen LogP contribution in [0.4, 0.5) is 0 Å². The van der Waals surface area contributed by atoms with Crippen LogP contribution in [0, 0.1) is 0 Å². The van der Waals surface area contributed by atoms with Crippen molar-refractivity contribution < 1.29 is 14.3 Å². The fourth-order valence-electron chi connectivity index (χ4n) is 2.31. The molecule has 0 unspecified atom stereocenters. The Bertz CT molecular complexity index is 847. The first-order chi connectivity index (χ1) is 11.7. The third kappa shape index (κ3) is 3.23. The van der Waals surface area contributed by atoms with Crippen molar-refractivity contribution in [3.8, 4) is 11.5 Å². The van der Waals surface area contributed by atoms with Gasteiger partial charge < -0.3 is 9.47 Å². The first-order valence-corrected chi connectivity index (χ1v) is 8.07.